The first-order valence-corrected chi connectivity index (χ1v) is 8.35. The average Bonchev–Trinajstić information content (AvgIpc) is 2.48. The smallest absolute Gasteiger partial charge is 0.255 e. The summed E-state index contributed by atoms with van der Waals surface area (Å²) in [5.74, 6) is 0.0407. The Morgan fingerprint density at radius 2 is 2.14 bits per heavy atom. The van der Waals surface area contributed by atoms with Crippen LogP contribution in [0.5, 0.6) is 0 Å². The van der Waals surface area contributed by atoms with Gasteiger partial charge in [0.1, 0.15) is 0 Å². The van der Waals surface area contributed by atoms with Gasteiger partial charge >= 0.3 is 0 Å². The van der Waals surface area contributed by atoms with Crippen LogP contribution in [0.25, 0.3) is 0 Å². The van der Waals surface area contributed by atoms with Gasteiger partial charge < -0.3 is 15.4 Å². The van der Waals surface area contributed by atoms with Crippen molar-refractivity contribution in [3.8, 4) is 0 Å². The van der Waals surface area contributed by atoms with E-state index in [0.29, 0.717) is 23.7 Å². The molecule has 116 valence electrons. The fourth-order valence-electron chi connectivity index (χ4n) is 2.39. The first kappa shape index (κ1) is 16.7. The Kier molecular flexibility index (Phi) is 6.48. The van der Waals surface area contributed by atoms with Crippen LogP contribution in [0.15, 0.2) is 22.7 Å². The molecule has 1 saturated heterocycles. The highest BCUT2D eigenvalue weighted by atomic mass is 79.9. The molecule has 0 bridgehead atoms. The molecule has 2 rings (SSSR count). The summed E-state index contributed by atoms with van der Waals surface area (Å²) in [7, 11) is 0. The van der Waals surface area contributed by atoms with Gasteiger partial charge in [0, 0.05) is 29.2 Å². The lowest BCUT2D eigenvalue weighted by atomic mass is 10.1. The van der Waals surface area contributed by atoms with E-state index in [-0.39, 0.29) is 12.0 Å². The van der Waals surface area contributed by atoms with Crippen LogP contribution in [-0.4, -0.2) is 43.2 Å². The zero-order valence-corrected chi connectivity index (χ0v) is 14.2. The number of amides is 1. The van der Waals surface area contributed by atoms with Gasteiger partial charge in [-0.3, -0.25) is 4.79 Å². The molecular weight excluding hydrogens is 356 g/mol. The van der Waals surface area contributed by atoms with E-state index >= 15 is 0 Å². The zero-order valence-electron chi connectivity index (χ0n) is 11.9. The van der Waals surface area contributed by atoms with Crippen LogP contribution < -0.4 is 5.73 Å². The first-order chi connectivity index (χ1) is 10.1. The number of hydrogen-bond donors (Lipinski definition) is 1. The van der Waals surface area contributed by atoms with Gasteiger partial charge in [0.15, 0.2) is 0 Å². The van der Waals surface area contributed by atoms with Crippen molar-refractivity contribution in [1.82, 2.24) is 4.90 Å². The zero-order chi connectivity index (χ0) is 15.2. The monoisotopic (exact) mass is 374 g/mol. The summed E-state index contributed by atoms with van der Waals surface area (Å²) in [5, 5.41) is 0.616. The highest BCUT2D eigenvalue weighted by molar-refractivity contribution is 9.10. The van der Waals surface area contributed by atoms with Gasteiger partial charge in [-0.05, 0) is 59.9 Å². The van der Waals surface area contributed by atoms with Gasteiger partial charge in [0.2, 0.25) is 0 Å². The van der Waals surface area contributed by atoms with E-state index in [9.17, 15) is 4.79 Å². The Bertz CT molecular complexity index is 491. The molecule has 0 saturated carbocycles. The molecular formula is C15H20BrClN2O2. The van der Waals surface area contributed by atoms with Crippen LogP contribution in [0.4, 0.5) is 0 Å². The minimum absolute atomic E-state index is 0.0407. The molecule has 1 aromatic rings. The molecule has 0 spiro atoms. The van der Waals surface area contributed by atoms with Gasteiger partial charge in [-0.15, -0.1) is 0 Å². The first-order valence-electron chi connectivity index (χ1n) is 7.18. The van der Waals surface area contributed by atoms with Crippen molar-refractivity contribution in [3.63, 3.8) is 0 Å². The fraction of sp³-hybridized carbons (Fsp3) is 0.533. The molecule has 0 radical (unpaired) electrons. The third-order valence-corrected chi connectivity index (χ3v) is 4.48. The third kappa shape index (κ3) is 4.68. The molecule has 6 heteroatoms. The number of nitrogens with zero attached hydrogens (tertiary/aromatic N) is 1. The number of hydrogen-bond acceptors (Lipinski definition) is 3. The van der Waals surface area contributed by atoms with Crippen LogP contribution >= 0.6 is 27.5 Å². The third-order valence-electron chi connectivity index (χ3n) is 3.59. The second kappa shape index (κ2) is 8.13. The maximum absolute atomic E-state index is 12.5. The largest absolute Gasteiger partial charge is 0.378 e. The normalized spacial score (nSPS) is 16.2. The van der Waals surface area contributed by atoms with Gasteiger partial charge in [-0.2, -0.15) is 0 Å². The molecule has 0 atom stereocenters. The van der Waals surface area contributed by atoms with E-state index in [1.165, 1.54) is 0 Å². The van der Waals surface area contributed by atoms with E-state index in [0.717, 1.165) is 36.8 Å². The van der Waals surface area contributed by atoms with Crippen molar-refractivity contribution in [1.29, 1.82) is 0 Å². The number of piperidine rings is 1. The van der Waals surface area contributed by atoms with E-state index < -0.39 is 0 Å². The van der Waals surface area contributed by atoms with Crippen molar-refractivity contribution in [2.24, 2.45) is 5.73 Å². The minimum atomic E-state index is 0.0407. The van der Waals surface area contributed by atoms with Crippen molar-refractivity contribution in [2.45, 2.75) is 25.4 Å². The van der Waals surface area contributed by atoms with E-state index in [2.05, 4.69) is 15.9 Å². The molecule has 0 unspecified atom stereocenters. The van der Waals surface area contributed by atoms with E-state index in [4.69, 9.17) is 22.1 Å². The molecule has 1 aromatic carbocycles. The topological polar surface area (TPSA) is 55.6 Å². The molecule has 1 amide bonds. The summed E-state index contributed by atoms with van der Waals surface area (Å²) in [5.41, 5.74) is 6.10. The van der Waals surface area contributed by atoms with Crippen LogP contribution in [0.3, 0.4) is 0 Å². The average molecular weight is 376 g/mol. The van der Waals surface area contributed by atoms with Crippen LogP contribution in [-0.2, 0) is 4.74 Å². The van der Waals surface area contributed by atoms with Crippen LogP contribution in [0.2, 0.25) is 5.02 Å². The lowest BCUT2D eigenvalue weighted by Gasteiger charge is -2.32. The van der Waals surface area contributed by atoms with Gasteiger partial charge in [-0.1, -0.05) is 11.6 Å². The summed E-state index contributed by atoms with van der Waals surface area (Å²) in [4.78, 5) is 14.4. The predicted molar refractivity (Wildman–Crippen MR) is 87.7 cm³/mol. The number of carbonyl (C=O) groups is 1. The van der Waals surface area contributed by atoms with Crippen LogP contribution in [0, 0.1) is 0 Å². The molecule has 1 aliphatic heterocycles. The highest BCUT2D eigenvalue weighted by Crippen LogP contribution is 2.24. The minimum Gasteiger partial charge on any atom is -0.378 e. The summed E-state index contributed by atoms with van der Waals surface area (Å²) >= 11 is 9.31. The van der Waals surface area contributed by atoms with E-state index in [1.807, 2.05) is 4.90 Å². The Morgan fingerprint density at radius 3 is 2.76 bits per heavy atom. The van der Waals surface area contributed by atoms with Gasteiger partial charge in [0.25, 0.3) is 5.91 Å². The number of rotatable bonds is 5. The Balaban J connectivity index is 1.88. The number of ether oxygens (including phenoxy) is 1. The lowest BCUT2D eigenvalue weighted by Crippen LogP contribution is -2.41. The fourth-order valence-corrected chi connectivity index (χ4v) is 3.24. The maximum Gasteiger partial charge on any atom is 0.255 e. The molecule has 0 aromatic heterocycles. The summed E-state index contributed by atoms with van der Waals surface area (Å²) in [6.45, 7) is 2.81. The quantitative estimate of drug-likeness (QED) is 0.805. The Hall–Kier alpha value is -0.620. The number of benzene rings is 1. The maximum atomic E-state index is 12.5. The molecule has 4 nitrogen and oxygen atoms in total. The summed E-state index contributed by atoms with van der Waals surface area (Å²) in [6, 6.07) is 5.25. The van der Waals surface area contributed by atoms with Crippen molar-refractivity contribution in [3.05, 3.63) is 33.3 Å². The lowest BCUT2D eigenvalue weighted by molar-refractivity contribution is 0.00842. The van der Waals surface area contributed by atoms with E-state index in [1.54, 1.807) is 18.2 Å². The molecule has 1 heterocycles. The molecule has 2 N–H and O–H groups in total. The SMILES string of the molecule is NCCCOC1CCN(C(=O)c2ccc(Cl)cc2Br)CC1. The summed E-state index contributed by atoms with van der Waals surface area (Å²) in [6.07, 6.45) is 2.88. The molecule has 1 aliphatic rings. The number of likely N-dealkylation sites (tertiary alicyclic amines) is 1. The van der Waals surface area contributed by atoms with Crippen molar-refractivity contribution in [2.75, 3.05) is 26.2 Å². The second-order valence-corrected chi connectivity index (χ2v) is 6.42. The Morgan fingerprint density at radius 1 is 1.43 bits per heavy atom. The van der Waals surface area contributed by atoms with Gasteiger partial charge in [0.05, 0.1) is 11.7 Å². The molecule has 0 aliphatic carbocycles. The number of nitrogens with two attached hydrogens (primary N) is 1. The molecule has 21 heavy (non-hydrogen) atoms. The van der Waals surface area contributed by atoms with Crippen molar-refractivity contribution >= 4 is 33.4 Å². The summed E-state index contributed by atoms with van der Waals surface area (Å²) < 4.78 is 6.49. The van der Waals surface area contributed by atoms with Crippen LogP contribution in [0.1, 0.15) is 29.6 Å². The molecule has 1 fully saturated rings. The van der Waals surface area contributed by atoms with Gasteiger partial charge in [-0.25, -0.2) is 0 Å². The Labute approximate surface area is 138 Å². The highest BCUT2D eigenvalue weighted by Gasteiger charge is 2.25. The number of halogens is 2. The second-order valence-electron chi connectivity index (χ2n) is 5.13. The van der Waals surface area contributed by atoms with Crippen molar-refractivity contribution < 1.29 is 9.53 Å². The predicted octanol–water partition coefficient (Wildman–Crippen LogP) is 3.07. The standard InChI is InChI=1S/C15H20BrClN2O2/c16-14-10-11(17)2-3-13(14)15(20)19-7-4-12(5-8-19)21-9-1-6-18/h2-3,10,12H,1,4-9,18H2. The number of carbonyl (C=O) groups excluding carboxylic acids is 1.